The quantitative estimate of drug-likeness (QED) is 0.842. The molecule has 7 heteroatoms. The van der Waals surface area contributed by atoms with Crippen LogP contribution >= 0.6 is 11.6 Å². The minimum absolute atomic E-state index is 0.142. The molecular weight excluding hydrogens is 307 g/mol. The molecule has 0 aliphatic rings. The third kappa shape index (κ3) is 6.06. The number of nitrogens with one attached hydrogen (secondary N) is 1. The first-order valence-electron chi connectivity index (χ1n) is 6.00. The third-order valence-electron chi connectivity index (χ3n) is 2.45. The van der Waals surface area contributed by atoms with E-state index in [2.05, 4.69) is 17.2 Å². The lowest BCUT2D eigenvalue weighted by atomic mass is 10.1. The van der Waals surface area contributed by atoms with Gasteiger partial charge in [-0.05, 0) is 25.1 Å². The molecule has 3 nitrogen and oxygen atoms in total. The summed E-state index contributed by atoms with van der Waals surface area (Å²) in [5.74, 6) is 4.35. The number of hydrogen-bond acceptors (Lipinski definition) is 2. The minimum Gasteiger partial charge on any atom is -0.384 e. The summed E-state index contributed by atoms with van der Waals surface area (Å²) in [7, 11) is 0. The van der Waals surface area contributed by atoms with Gasteiger partial charge in [-0.25, -0.2) is 0 Å². The van der Waals surface area contributed by atoms with Crippen LogP contribution in [-0.2, 0) is 0 Å². The average Bonchev–Trinajstić information content (AvgIpc) is 2.34. The number of carbonyl (C=O) groups is 1. The summed E-state index contributed by atoms with van der Waals surface area (Å²) >= 11 is 5.91. The molecule has 0 saturated carbocycles. The molecule has 1 aromatic carbocycles. The summed E-state index contributed by atoms with van der Waals surface area (Å²) < 4.78 is 36.6. The largest absolute Gasteiger partial charge is 0.391 e. The van der Waals surface area contributed by atoms with E-state index in [1.807, 2.05) is 0 Å². The van der Waals surface area contributed by atoms with Crippen LogP contribution in [0.15, 0.2) is 18.2 Å². The minimum atomic E-state index is -4.34. The van der Waals surface area contributed by atoms with Crippen molar-refractivity contribution in [3.63, 3.8) is 0 Å². The van der Waals surface area contributed by atoms with E-state index in [-0.39, 0.29) is 17.2 Å². The smallest absolute Gasteiger partial charge is 0.384 e. The molecule has 1 rings (SSSR count). The number of rotatable bonds is 3. The zero-order chi connectivity index (χ0) is 16.0. The molecule has 0 saturated heterocycles. The van der Waals surface area contributed by atoms with Gasteiger partial charge in [0.05, 0.1) is 11.4 Å². The van der Waals surface area contributed by atoms with E-state index in [0.29, 0.717) is 5.56 Å². The van der Waals surface area contributed by atoms with Crippen LogP contribution < -0.4 is 5.32 Å². The maximum absolute atomic E-state index is 12.2. The molecule has 0 spiro atoms. The molecule has 0 radical (unpaired) electrons. The highest BCUT2D eigenvalue weighted by atomic mass is 35.5. The van der Waals surface area contributed by atoms with E-state index in [1.54, 1.807) is 0 Å². The fraction of sp³-hybridized carbons (Fsp3) is 0.357. The van der Waals surface area contributed by atoms with Crippen molar-refractivity contribution < 1.29 is 23.1 Å². The Morgan fingerprint density at radius 1 is 1.48 bits per heavy atom. The van der Waals surface area contributed by atoms with Gasteiger partial charge in [0.1, 0.15) is 6.61 Å². The van der Waals surface area contributed by atoms with Crippen molar-refractivity contribution in [1.29, 1.82) is 0 Å². The van der Waals surface area contributed by atoms with Gasteiger partial charge in [-0.1, -0.05) is 23.4 Å². The number of amides is 1. The summed E-state index contributed by atoms with van der Waals surface area (Å²) in [6.45, 7) is 0.946. The standard InChI is InChI=1S/C14H13ClF3NO2/c1-9(8-14(16,17)18)19-13(21)11-5-4-10(3-2-6-20)12(15)7-11/h4-5,7,9,20H,6,8H2,1H3,(H,19,21). The van der Waals surface area contributed by atoms with Gasteiger partial charge in [0, 0.05) is 17.2 Å². The molecule has 1 atom stereocenters. The van der Waals surface area contributed by atoms with Crippen LogP contribution in [0, 0.1) is 11.8 Å². The van der Waals surface area contributed by atoms with Crippen LogP contribution in [0.1, 0.15) is 29.3 Å². The zero-order valence-corrected chi connectivity index (χ0v) is 11.8. The molecular formula is C14H13ClF3NO2. The Labute approximate surface area is 125 Å². The predicted molar refractivity (Wildman–Crippen MR) is 73.0 cm³/mol. The normalized spacial score (nSPS) is 12.3. The Hall–Kier alpha value is -1.71. The lowest BCUT2D eigenvalue weighted by molar-refractivity contribution is -0.138. The van der Waals surface area contributed by atoms with Crippen molar-refractivity contribution in [2.24, 2.45) is 0 Å². The fourth-order valence-electron chi connectivity index (χ4n) is 1.60. The van der Waals surface area contributed by atoms with Gasteiger partial charge >= 0.3 is 6.18 Å². The summed E-state index contributed by atoms with van der Waals surface area (Å²) in [6.07, 6.45) is -5.44. The number of aliphatic hydroxyl groups is 1. The Bertz CT molecular complexity index is 576. The first kappa shape index (κ1) is 17.3. The Morgan fingerprint density at radius 2 is 2.14 bits per heavy atom. The monoisotopic (exact) mass is 319 g/mol. The Kier molecular flexibility index (Phi) is 6.06. The number of halogens is 4. The molecule has 0 heterocycles. The SMILES string of the molecule is CC(CC(F)(F)F)NC(=O)c1ccc(C#CCO)c(Cl)c1. The second kappa shape index (κ2) is 7.34. The van der Waals surface area contributed by atoms with E-state index >= 15 is 0 Å². The molecule has 0 bridgehead atoms. The van der Waals surface area contributed by atoms with Crippen molar-refractivity contribution >= 4 is 17.5 Å². The number of alkyl halides is 3. The third-order valence-corrected chi connectivity index (χ3v) is 2.76. The maximum atomic E-state index is 12.2. The van der Waals surface area contributed by atoms with Crippen LogP contribution in [-0.4, -0.2) is 29.8 Å². The second-order valence-corrected chi connectivity index (χ2v) is 4.76. The molecule has 2 N–H and O–H groups in total. The summed E-state index contributed by atoms with van der Waals surface area (Å²) in [6, 6.07) is 3.15. The summed E-state index contributed by atoms with van der Waals surface area (Å²) in [5, 5.41) is 11.0. The number of benzene rings is 1. The summed E-state index contributed by atoms with van der Waals surface area (Å²) in [5.41, 5.74) is 0.564. The first-order chi connectivity index (χ1) is 9.73. The van der Waals surface area contributed by atoms with Gasteiger partial charge < -0.3 is 10.4 Å². The highest BCUT2D eigenvalue weighted by molar-refractivity contribution is 6.32. The van der Waals surface area contributed by atoms with Crippen LogP contribution in [0.3, 0.4) is 0 Å². The van der Waals surface area contributed by atoms with Crippen LogP contribution in [0.5, 0.6) is 0 Å². The number of hydrogen-bond donors (Lipinski definition) is 2. The highest BCUT2D eigenvalue weighted by Gasteiger charge is 2.30. The number of carbonyl (C=O) groups excluding carboxylic acids is 1. The highest BCUT2D eigenvalue weighted by Crippen LogP contribution is 2.22. The van der Waals surface area contributed by atoms with E-state index in [0.717, 1.165) is 0 Å². The van der Waals surface area contributed by atoms with Gasteiger partial charge in [0.2, 0.25) is 0 Å². The van der Waals surface area contributed by atoms with Gasteiger partial charge in [-0.2, -0.15) is 13.2 Å². The lowest BCUT2D eigenvalue weighted by Crippen LogP contribution is -2.35. The molecule has 1 unspecified atom stereocenters. The molecule has 114 valence electrons. The Balaban J connectivity index is 2.78. The molecule has 1 aromatic rings. The molecule has 0 aliphatic carbocycles. The van der Waals surface area contributed by atoms with Crippen molar-refractivity contribution in [2.45, 2.75) is 25.6 Å². The fourth-order valence-corrected chi connectivity index (χ4v) is 1.83. The predicted octanol–water partition coefficient (Wildman–Crippen LogP) is 2.75. The van der Waals surface area contributed by atoms with Crippen molar-refractivity contribution in [3.05, 3.63) is 34.3 Å². The first-order valence-corrected chi connectivity index (χ1v) is 6.37. The van der Waals surface area contributed by atoms with E-state index in [4.69, 9.17) is 16.7 Å². The van der Waals surface area contributed by atoms with E-state index < -0.39 is 24.5 Å². The molecule has 21 heavy (non-hydrogen) atoms. The van der Waals surface area contributed by atoms with E-state index in [9.17, 15) is 18.0 Å². The van der Waals surface area contributed by atoms with Gasteiger partial charge in [0.25, 0.3) is 5.91 Å². The average molecular weight is 320 g/mol. The lowest BCUT2D eigenvalue weighted by Gasteiger charge is -2.16. The molecule has 0 aromatic heterocycles. The second-order valence-electron chi connectivity index (χ2n) is 4.35. The summed E-state index contributed by atoms with van der Waals surface area (Å²) in [4.78, 5) is 11.8. The Morgan fingerprint density at radius 3 is 2.67 bits per heavy atom. The topological polar surface area (TPSA) is 49.3 Å². The number of aliphatic hydroxyl groups excluding tert-OH is 1. The van der Waals surface area contributed by atoms with Crippen LogP contribution in [0.2, 0.25) is 5.02 Å². The van der Waals surface area contributed by atoms with Gasteiger partial charge in [-0.15, -0.1) is 0 Å². The van der Waals surface area contributed by atoms with Crippen molar-refractivity contribution in [1.82, 2.24) is 5.32 Å². The van der Waals surface area contributed by atoms with Crippen molar-refractivity contribution in [3.8, 4) is 11.8 Å². The van der Waals surface area contributed by atoms with E-state index in [1.165, 1.54) is 25.1 Å². The van der Waals surface area contributed by atoms with Gasteiger partial charge in [0.15, 0.2) is 0 Å². The molecule has 1 amide bonds. The zero-order valence-electron chi connectivity index (χ0n) is 11.1. The van der Waals surface area contributed by atoms with Crippen LogP contribution in [0.4, 0.5) is 13.2 Å². The van der Waals surface area contributed by atoms with Gasteiger partial charge in [-0.3, -0.25) is 4.79 Å². The molecule has 0 fully saturated rings. The molecule has 0 aliphatic heterocycles. The maximum Gasteiger partial charge on any atom is 0.391 e. The van der Waals surface area contributed by atoms with Crippen molar-refractivity contribution in [2.75, 3.05) is 6.61 Å². The van der Waals surface area contributed by atoms with Crippen LogP contribution in [0.25, 0.3) is 0 Å².